The van der Waals surface area contributed by atoms with Crippen LogP contribution in [0.2, 0.25) is 5.15 Å². The standard InChI is InChI=1S/C18H12ClN3O3S/c1-22-13-6-2-3-7-15(13)26-17(22)12(9-20)14(23)10-25-18(24)11-5-4-8-21-16(11)19/h2-8H,10H2,1H3/b17-12-. The highest BCUT2D eigenvalue weighted by Crippen LogP contribution is 2.46. The molecule has 0 aliphatic carbocycles. The minimum absolute atomic E-state index is 0.00894. The van der Waals surface area contributed by atoms with Crippen LogP contribution in [0, 0.1) is 11.3 Å². The van der Waals surface area contributed by atoms with Crippen LogP contribution in [-0.2, 0) is 9.53 Å². The van der Waals surface area contributed by atoms with Crippen molar-refractivity contribution in [2.24, 2.45) is 0 Å². The van der Waals surface area contributed by atoms with Gasteiger partial charge in [0.2, 0.25) is 5.78 Å². The summed E-state index contributed by atoms with van der Waals surface area (Å²) in [5, 5.41) is 9.94. The van der Waals surface area contributed by atoms with Crippen LogP contribution in [-0.4, -0.2) is 30.4 Å². The number of aromatic nitrogens is 1. The summed E-state index contributed by atoms with van der Waals surface area (Å²) in [7, 11) is 1.78. The Kier molecular flexibility index (Phi) is 5.26. The van der Waals surface area contributed by atoms with Crippen LogP contribution in [0.1, 0.15) is 10.4 Å². The van der Waals surface area contributed by atoms with Gasteiger partial charge in [-0.15, -0.1) is 0 Å². The fourth-order valence-electron chi connectivity index (χ4n) is 2.37. The van der Waals surface area contributed by atoms with Gasteiger partial charge >= 0.3 is 5.97 Å². The number of carbonyl (C=O) groups excluding carboxylic acids is 2. The number of nitrogens with zero attached hydrogens (tertiary/aromatic N) is 3. The maximum atomic E-state index is 12.4. The van der Waals surface area contributed by atoms with Crippen molar-refractivity contribution < 1.29 is 14.3 Å². The van der Waals surface area contributed by atoms with Gasteiger partial charge in [-0.25, -0.2) is 9.78 Å². The molecular formula is C18H12ClN3O3S. The largest absolute Gasteiger partial charge is 0.454 e. The third-order valence-corrected chi connectivity index (χ3v) is 5.19. The molecule has 1 aliphatic rings. The van der Waals surface area contributed by atoms with Crippen LogP contribution >= 0.6 is 23.4 Å². The molecule has 1 aliphatic heterocycles. The summed E-state index contributed by atoms with van der Waals surface area (Å²) < 4.78 is 5.00. The molecule has 0 N–H and O–H groups in total. The van der Waals surface area contributed by atoms with Crippen LogP contribution in [0.5, 0.6) is 0 Å². The fourth-order valence-corrected chi connectivity index (χ4v) is 3.73. The molecule has 0 unspecified atom stereocenters. The van der Waals surface area contributed by atoms with E-state index in [4.69, 9.17) is 16.3 Å². The maximum absolute atomic E-state index is 12.4. The van der Waals surface area contributed by atoms with Crippen LogP contribution in [0.15, 0.2) is 58.1 Å². The fraction of sp³-hybridized carbons (Fsp3) is 0.111. The predicted molar refractivity (Wildman–Crippen MR) is 97.9 cm³/mol. The van der Waals surface area contributed by atoms with Crippen molar-refractivity contribution in [2.75, 3.05) is 18.6 Å². The number of pyridine rings is 1. The van der Waals surface area contributed by atoms with Gasteiger partial charge in [-0.2, -0.15) is 5.26 Å². The van der Waals surface area contributed by atoms with Crippen LogP contribution in [0.25, 0.3) is 0 Å². The van der Waals surface area contributed by atoms with Gasteiger partial charge in [-0.3, -0.25) is 4.79 Å². The van der Waals surface area contributed by atoms with Crippen molar-refractivity contribution in [1.29, 1.82) is 5.26 Å². The molecule has 0 radical (unpaired) electrons. The lowest BCUT2D eigenvalue weighted by atomic mass is 10.2. The van der Waals surface area contributed by atoms with Gasteiger partial charge in [0.05, 0.1) is 11.3 Å². The number of hydrogen-bond donors (Lipinski definition) is 0. The quantitative estimate of drug-likeness (QED) is 0.345. The van der Waals surface area contributed by atoms with E-state index in [0.717, 1.165) is 10.6 Å². The molecule has 0 spiro atoms. The molecule has 0 fully saturated rings. The second-order valence-electron chi connectivity index (χ2n) is 5.26. The summed E-state index contributed by atoms with van der Waals surface area (Å²) in [4.78, 5) is 31.0. The second-order valence-corrected chi connectivity index (χ2v) is 6.65. The summed E-state index contributed by atoms with van der Waals surface area (Å²) in [6.07, 6.45) is 1.44. The van der Waals surface area contributed by atoms with Crippen LogP contribution in [0.4, 0.5) is 5.69 Å². The van der Waals surface area contributed by atoms with E-state index < -0.39 is 18.4 Å². The molecule has 1 aromatic heterocycles. The molecule has 0 atom stereocenters. The van der Waals surface area contributed by atoms with E-state index in [2.05, 4.69) is 4.98 Å². The Bertz CT molecular complexity index is 968. The Labute approximate surface area is 159 Å². The first-order valence-corrected chi connectivity index (χ1v) is 8.68. The summed E-state index contributed by atoms with van der Waals surface area (Å²) in [6.45, 7) is -0.554. The highest BCUT2D eigenvalue weighted by molar-refractivity contribution is 8.03. The van der Waals surface area contributed by atoms with Gasteiger partial charge in [0.25, 0.3) is 0 Å². The second kappa shape index (κ2) is 7.60. The average Bonchev–Trinajstić information content (AvgIpc) is 2.98. The minimum Gasteiger partial charge on any atom is -0.454 e. The van der Waals surface area contributed by atoms with E-state index in [1.54, 1.807) is 11.9 Å². The molecule has 3 rings (SSSR count). The van der Waals surface area contributed by atoms with Crippen molar-refractivity contribution in [3.63, 3.8) is 0 Å². The van der Waals surface area contributed by atoms with Gasteiger partial charge in [0.15, 0.2) is 6.61 Å². The zero-order valence-electron chi connectivity index (χ0n) is 13.6. The van der Waals surface area contributed by atoms with E-state index in [9.17, 15) is 14.9 Å². The number of esters is 1. The van der Waals surface area contributed by atoms with Crippen molar-refractivity contribution >= 4 is 40.8 Å². The van der Waals surface area contributed by atoms with Crippen molar-refractivity contribution in [3.8, 4) is 6.07 Å². The zero-order valence-corrected chi connectivity index (χ0v) is 15.2. The first kappa shape index (κ1) is 18.0. The Morgan fingerprint density at radius 3 is 2.77 bits per heavy atom. The number of thioether (sulfide) groups is 1. The topological polar surface area (TPSA) is 83.3 Å². The van der Waals surface area contributed by atoms with E-state index in [1.165, 1.54) is 30.1 Å². The molecule has 0 saturated heterocycles. The lowest BCUT2D eigenvalue weighted by Crippen LogP contribution is -2.20. The monoisotopic (exact) mass is 385 g/mol. The Morgan fingerprint density at radius 2 is 2.08 bits per heavy atom. The molecule has 2 aromatic rings. The first-order chi connectivity index (χ1) is 12.5. The molecule has 1 aromatic carbocycles. The average molecular weight is 386 g/mol. The number of anilines is 1. The van der Waals surface area contributed by atoms with E-state index >= 15 is 0 Å². The number of Topliss-reactive ketones (excluding diaryl/α,β-unsaturated/α-hetero) is 1. The Hall–Kier alpha value is -2.82. The lowest BCUT2D eigenvalue weighted by Gasteiger charge is -2.14. The SMILES string of the molecule is CN1/C(=C(\C#N)C(=O)COC(=O)c2cccnc2Cl)Sc2ccccc21. The van der Waals surface area contributed by atoms with Gasteiger partial charge < -0.3 is 9.64 Å². The number of para-hydroxylation sites is 1. The summed E-state index contributed by atoms with van der Waals surface area (Å²) >= 11 is 7.16. The van der Waals surface area contributed by atoms with E-state index in [0.29, 0.717) is 5.03 Å². The highest BCUT2D eigenvalue weighted by atomic mass is 35.5. The molecule has 0 amide bonds. The van der Waals surface area contributed by atoms with E-state index in [1.807, 2.05) is 30.3 Å². The summed E-state index contributed by atoms with van der Waals surface area (Å²) in [6, 6.07) is 12.5. The van der Waals surface area contributed by atoms with Crippen molar-refractivity contribution in [2.45, 2.75) is 4.90 Å². The van der Waals surface area contributed by atoms with Crippen LogP contribution in [0.3, 0.4) is 0 Å². The van der Waals surface area contributed by atoms with Gasteiger partial charge in [-0.1, -0.05) is 35.5 Å². The number of rotatable bonds is 4. The lowest BCUT2D eigenvalue weighted by molar-refractivity contribution is -0.118. The van der Waals surface area contributed by atoms with Gasteiger partial charge in [0.1, 0.15) is 21.8 Å². The molecule has 26 heavy (non-hydrogen) atoms. The van der Waals surface area contributed by atoms with Crippen molar-refractivity contribution in [1.82, 2.24) is 4.98 Å². The molecule has 0 saturated carbocycles. The third-order valence-electron chi connectivity index (χ3n) is 3.66. The number of ketones is 1. The number of benzene rings is 1. The number of ether oxygens (including phenoxy) is 1. The van der Waals surface area contributed by atoms with E-state index in [-0.39, 0.29) is 16.3 Å². The van der Waals surface area contributed by atoms with Crippen LogP contribution < -0.4 is 4.90 Å². The third kappa shape index (κ3) is 3.43. The first-order valence-electron chi connectivity index (χ1n) is 7.48. The molecule has 6 nitrogen and oxygen atoms in total. The number of fused-ring (bicyclic) bond motifs is 1. The smallest absolute Gasteiger partial charge is 0.341 e. The molecular weight excluding hydrogens is 374 g/mol. The zero-order chi connectivity index (χ0) is 18.7. The maximum Gasteiger partial charge on any atom is 0.341 e. The molecule has 0 bridgehead atoms. The predicted octanol–water partition coefficient (Wildman–Crippen LogP) is 3.44. The Morgan fingerprint density at radius 1 is 1.31 bits per heavy atom. The number of carbonyl (C=O) groups is 2. The Balaban J connectivity index is 1.76. The number of nitriles is 1. The summed E-state index contributed by atoms with van der Waals surface area (Å²) in [5.41, 5.74) is 0.916. The normalized spacial score (nSPS) is 14.4. The van der Waals surface area contributed by atoms with Crippen molar-refractivity contribution in [3.05, 3.63) is 63.9 Å². The number of halogens is 1. The summed E-state index contributed by atoms with van der Waals surface area (Å²) in [5.74, 6) is -1.35. The molecule has 8 heteroatoms. The number of hydrogen-bond acceptors (Lipinski definition) is 7. The molecule has 2 heterocycles. The molecule has 130 valence electrons. The minimum atomic E-state index is -0.769. The van der Waals surface area contributed by atoms with Gasteiger partial charge in [0, 0.05) is 18.1 Å². The highest BCUT2D eigenvalue weighted by Gasteiger charge is 2.28. The van der Waals surface area contributed by atoms with Gasteiger partial charge in [-0.05, 0) is 24.3 Å².